The van der Waals surface area contributed by atoms with Crippen LogP contribution in [-0.4, -0.2) is 28.9 Å². The molecule has 2 rings (SSSR count). The summed E-state index contributed by atoms with van der Waals surface area (Å²) in [5, 5.41) is 4.12. The first-order valence-electron chi connectivity index (χ1n) is 6.53. The molecule has 0 unspecified atom stereocenters. The molecule has 1 aliphatic rings. The third kappa shape index (κ3) is 2.42. The molecular formula is C13H23N3O2. The summed E-state index contributed by atoms with van der Waals surface area (Å²) < 4.78 is 10.8. The van der Waals surface area contributed by atoms with E-state index in [1.807, 2.05) is 27.7 Å². The molecule has 102 valence electrons. The molecule has 0 aromatic carbocycles. The van der Waals surface area contributed by atoms with Crippen molar-refractivity contribution in [3.63, 3.8) is 0 Å². The van der Waals surface area contributed by atoms with E-state index in [9.17, 15) is 0 Å². The molecule has 1 aromatic rings. The van der Waals surface area contributed by atoms with E-state index in [0.717, 1.165) is 31.9 Å². The van der Waals surface area contributed by atoms with Gasteiger partial charge < -0.3 is 15.0 Å². The molecule has 0 spiro atoms. The molecule has 5 heteroatoms. The Morgan fingerprint density at radius 3 is 2.33 bits per heavy atom. The van der Waals surface area contributed by atoms with E-state index < -0.39 is 5.54 Å². The lowest BCUT2D eigenvalue weighted by Gasteiger charge is -2.34. The fraction of sp³-hybridized carbons (Fsp3) is 0.846. The Kier molecular flexibility index (Phi) is 3.47. The number of nitrogens with two attached hydrogens (primary N) is 1. The first kappa shape index (κ1) is 13.5. The fourth-order valence-corrected chi connectivity index (χ4v) is 1.89. The molecule has 5 nitrogen and oxygen atoms in total. The van der Waals surface area contributed by atoms with E-state index >= 15 is 0 Å². The highest BCUT2D eigenvalue weighted by Crippen LogP contribution is 2.33. The average Bonchev–Trinajstić information content (AvgIpc) is 2.78. The van der Waals surface area contributed by atoms with Gasteiger partial charge in [0.1, 0.15) is 0 Å². The summed E-state index contributed by atoms with van der Waals surface area (Å²) in [4.78, 5) is 4.56. The molecule has 0 radical (unpaired) electrons. The number of ether oxygens (including phenoxy) is 1. The summed E-state index contributed by atoms with van der Waals surface area (Å²) in [6.07, 6.45) is 1.93. The molecule has 0 amide bonds. The van der Waals surface area contributed by atoms with Gasteiger partial charge in [-0.15, -0.1) is 0 Å². The highest BCUT2D eigenvalue weighted by Gasteiger charge is 2.40. The van der Waals surface area contributed by atoms with Crippen molar-refractivity contribution in [1.82, 2.24) is 10.1 Å². The smallest absolute Gasteiger partial charge is 0.234 e. The van der Waals surface area contributed by atoms with Gasteiger partial charge in [0.2, 0.25) is 5.89 Å². The van der Waals surface area contributed by atoms with E-state index in [-0.39, 0.29) is 5.41 Å². The predicted molar refractivity (Wildman–Crippen MR) is 68.4 cm³/mol. The lowest BCUT2D eigenvalue weighted by Crippen LogP contribution is -2.50. The average molecular weight is 253 g/mol. The van der Waals surface area contributed by atoms with Crippen molar-refractivity contribution in [2.24, 2.45) is 5.73 Å². The van der Waals surface area contributed by atoms with Gasteiger partial charge in [-0.1, -0.05) is 5.16 Å². The van der Waals surface area contributed by atoms with Crippen LogP contribution in [0.1, 0.15) is 58.2 Å². The van der Waals surface area contributed by atoms with Gasteiger partial charge in [0.15, 0.2) is 5.82 Å². The number of hydrogen-bond acceptors (Lipinski definition) is 5. The van der Waals surface area contributed by atoms with Crippen molar-refractivity contribution in [2.45, 2.75) is 57.4 Å². The maximum absolute atomic E-state index is 6.19. The van der Waals surface area contributed by atoms with Gasteiger partial charge in [-0.25, -0.2) is 0 Å². The second-order valence-electron chi connectivity index (χ2n) is 6.19. The van der Waals surface area contributed by atoms with Crippen molar-refractivity contribution in [1.29, 1.82) is 0 Å². The Bertz CT molecular complexity index is 401. The normalized spacial score (nSPS) is 19.2. The van der Waals surface area contributed by atoms with E-state index in [1.54, 1.807) is 0 Å². The van der Waals surface area contributed by atoms with Crippen LogP contribution in [0, 0.1) is 0 Å². The highest BCUT2D eigenvalue weighted by atomic mass is 16.5. The Hall–Kier alpha value is -0.940. The number of hydrogen-bond donors (Lipinski definition) is 1. The number of aromatic nitrogens is 2. The molecule has 1 aromatic heterocycles. The van der Waals surface area contributed by atoms with Crippen LogP contribution in [-0.2, 0) is 10.2 Å². The molecule has 2 N–H and O–H groups in total. The van der Waals surface area contributed by atoms with Gasteiger partial charge in [-0.05, 0) is 40.5 Å². The molecule has 1 saturated heterocycles. The van der Waals surface area contributed by atoms with Gasteiger partial charge in [0.05, 0.1) is 5.41 Å². The Balaban J connectivity index is 2.19. The van der Waals surface area contributed by atoms with Crippen molar-refractivity contribution in [3.05, 3.63) is 11.7 Å². The van der Waals surface area contributed by atoms with Crippen LogP contribution in [0.2, 0.25) is 0 Å². The maximum Gasteiger partial charge on any atom is 0.234 e. The molecule has 1 fully saturated rings. The molecule has 1 aliphatic heterocycles. The SMILES string of the molecule is CC(C)(N)C(C)(C)c1nc(C2CCOCC2)no1. The first-order chi connectivity index (χ1) is 8.32. The van der Waals surface area contributed by atoms with Crippen LogP contribution < -0.4 is 5.73 Å². The largest absolute Gasteiger partial charge is 0.381 e. The second kappa shape index (κ2) is 4.63. The third-order valence-electron chi connectivity index (χ3n) is 4.17. The third-order valence-corrected chi connectivity index (χ3v) is 4.17. The minimum atomic E-state index is -0.410. The zero-order chi connectivity index (χ0) is 13.4. The Morgan fingerprint density at radius 2 is 1.78 bits per heavy atom. The van der Waals surface area contributed by atoms with Crippen LogP contribution in [0.4, 0.5) is 0 Å². The molecule has 18 heavy (non-hydrogen) atoms. The van der Waals surface area contributed by atoms with Gasteiger partial charge in [0.25, 0.3) is 0 Å². The highest BCUT2D eigenvalue weighted by molar-refractivity contribution is 5.12. The lowest BCUT2D eigenvalue weighted by molar-refractivity contribution is 0.0830. The number of rotatable bonds is 3. The van der Waals surface area contributed by atoms with Crippen LogP contribution in [0.15, 0.2) is 4.52 Å². The standard InChI is InChI=1S/C13H23N3O2/c1-12(2,13(3,4)14)11-15-10(16-18-11)9-5-7-17-8-6-9/h9H,5-8,14H2,1-4H3. The van der Waals surface area contributed by atoms with Crippen molar-refractivity contribution in [3.8, 4) is 0 Å². The zero-order valence-corrected chi connectivity index (χ0v) is 11.7. The summed E-state index contributed by atoms with van der Waals surface area (Å²) in [7, 11) is 0. The molecule has 0 bridgehead atoms. The minimum Gasteiger partial charge on any atom is -0.381 e. The van der Waals surface area contributed by atoms with Crippen molar-refractivity contribution < 1.29 is 9.26 Å². The number of nitrogens with zero attached hydrogens (tertiary/aromatic N) is 2. The van der Waals surface area contributed by atoms with E-state index in [1.165, 1.54) is 0 Å². The zero-order valence-electron chi connectivity index (χ0n) is 11.7. The maximum atomic E-state index is 6.19. The quantitative estimate of drug-likeness (QED) is 0.891. The minimum absolute atomic E-state index is 0.344. The van der Waals surface area contributed by atoms with Crippen LogP contribution in [0.25, 0.3) is 0 Å². The van der Waals surface area contributed by atoms with E-state index in [2.05, 4.69) is 10.1 Å². The first-order valence-corrected chi connectivity index (χ1v) is 6.53. The fourth-order valence-electron chi connectivity index (χ4n) is 1.89. The lowest BCUT2D eigenvalue weighted by atomic mass is 9.75. The van der Waals surface area contributed by atoms with E-state index in [0.29, 0.717) is 11.8 Å². The molecule has 0 saturated carbocycles. The molecular weight excluding hydrogens is 230 g/mol. The predicted octanol–water partition coefficient (Wildman–Crippen LogP) is 1.98. The van der Waals surface area contributed by atoms with Crippen molar-refractivity contribution in [2.75, 3.05) is 13.2 Å². The molecule has 0 atom stereocenters. The van der Waals surface area contributed by atoms with Gasteiger partial charge >= 0.3 is 0 Å². The van der Waals surface area contributed by atoms with Crippen LogP contribution in [0.3, 0.4) is 0 Å². The molecule has 2 heterocycles. The summed E-state index contributed by atoms with van der Waals surface area (Å²) in [6, 6.07) is 0. The Morgan fingerprint density at radius 1 is 1.17 bits per heavy atom. The van der Waals surface area contributed by atoms with Crippen LogP contribution >= 0.6 is 0 Å². The summed E-state index contributed by atoms with van der Waals surface area (Å²) in [5.74, 6) is 1.77. The monoisotopic (exact) mass is 253 g/mol. The van der Waals surface area contributed by atoms with Gasteiger partial charge in [-0.3, -0.25) is 0 Å². The summed E-state index contributed by atoms with van der Waals surface area (Å²) >= 11 is 0. The Labute approximate surface area is 108 Å². The van der Waals surface area contributed by atoms with E-state index in [4.69, 9.17) is 15.0 Å². The second-order valence-corrected chi connectivity index (χ2v) is 6.19. The van der Waals surface area contributed by atoms with Crippen LogP contribution in [0.5, 0.6) is 0 Å². The summed E-state index contributed by atoms with van der Waals surface area (Å²) in [6.45, 7) is 9.58. The van der Waals surface area contributed by atoms with Crippen molar-refractivity contribution >= 4 is 0 Å². The topological polar surface area (TPSA) is 74.2 Å². The van der Waals surface area contributed by atoms with Gasteiger partial charge in [0, 0.05) is 24.7 Å². The van der Waals surface area contributed by atoms with Gasteiger partial charge in [-0.2, -0.15) is 4.98 Å². The summed E-state index contributed by atoms with van der Waals surface area (Å²) in [5.41, 5.74) is 5.43. The molecule has 0 aliphatic carbocycles.